The zero-order chi connectivity index (χ0) is 23.8. The van der Waals surface area contributed by atoms with Crippen molar-refractivity contribution >= 4 is 23.8 Å². The molecule has 1 saturated heterocycles. The van der Waals surface area contributed by atoms with E-state index in [0.29, 0.717) is 24.5 Å². The molecule has 178 valence electrons. The Kier molecular flexibility index (Phi) is 6.61. The third-order valence-electron chi connectivity index (χ3n) is 5.69. The van der Waals surface area contributed by atoms with Crippen LogP contribution >= 0.6 is 11.8 Å². The quantitative estimate of drug-likeness (QED) is 0.583. The number of fused-ring (bicyclic) bond motifs is 3. The number of amides is 1. The number of carbonyl (C=O) groups is 2. The number of benzene rings is 1. The van der Waals surface area contributed by atoms with Gasteiger partial charge in [-0.3, -0.25) is 4.68 Å². The molecule has 2 aromatic rings. The lowest BCUT2D eigenvalue weighted by atomic mass is 10.0. The van der Waals surface area contributed by atoms with Gasteiger partial charge >= 0.3 is 12.1 Å². The molecule has 1 unspecified atom stereocenters. The molecule has 1 amide bonds. The maximum absolute atomic E-state index is 12.8. The monoisotopic (exact) mass is 473 g/mol. The smallest absolute Gasteiger partial charge is 0.410 e. The largest absolute Gasteiger partial charge is 0.497 e. The van der Waals surface area contributed by atoms with E-state index in [2.05, 4.69) is 0 Å². The van der Waals surface area contributed by atoms with Crippen LogP contribution in [0.3, 0.4) is 0 Å². The Labute approximate surface area is 198 Å². The molecule has 3 heterocycles. The summed E-state index contributed by atoms with van der Waals surface area (Å²) in [5.74, 6) is 0.955. The summed E-state index contributed by atoms with van der Waals surface area (Å²) in [5, 5.41) is 4.77. The fraction of sp³-hybridized carbons (Fsp3) is 0.542. The van der Waals surface area contributed by atoms with Crippen molar-refractivity contribution in [2.45, 2.75) is 62.8 Å². The summed E-state index contributed by atoms with van der Waals surface area (Å²) < 4.78 is 18.3. The topological polar surface area (TPSA) is 82.9 Å². The molecule has 0 spiro atoms. The van der Waals surface area contributed by atoms with Gasteiger partial charge in [-0.25, -0.2) is 9.59 Å². The second kappa shape index (κ2) is 9.29. The van der Waals surface area contributed by atoms with Gasteiger partial charge in [-0.15, -0.1) is 11.8 Å². The second-order valence-corrected chi connectivity index (χ2v) is 10.2. The summed E-state index contributed by atoms with van der Waals surface area (Å²) in [5.41, 5.74) is 2.55. The van der Waals surface area contributed by atoms with Crippen LogP contribution in [0.5, 0.6) is 5.75 Å². The SMILES string of the molecule is CCOC(=O)c1nn(C2CCCN(C(=O)OC(C)(C)C)C2)c2c1CSc1ccc(OC)cc1-2. The molecule has 1 aromatic heterocycles. The zero-order valence-corrected chi connectivity index (χ0v) is 20.7. The standard InChI is InChI=1S/C24H31N3O5S/c1-6-31-22(28)20-18-14-33-19-10-9-16(30-5)12-17(19)21(18)27(25-20)15-8-7-11-26(13-15)23(29)32-24(2,3)4/h9-10,12,15H,6-8,11,13-14H2,1-5H3. The van der Waals surface area contributed by atoms with Gasteiger partial charge in [0.15, 0.2) is 5.69 Å². The number of thioether (sulfide) groups is 1. The average molecular weight is 474 g/mol. The highest BCUT2D eigenvalue weighted by molar-refractivity contribution is 7.98. The van der Waals surface area contributed by atoms with Crippen LogP contribution in [0.4, 0.5) is 4.79 Å². The van der Waals surface area contributed by atoms with Gasteiger partial charge in [0, 0.05) is 34.9 Å². The van der Waals surface area contributed by atoms with Crippen LogP contribution in [0, 0.1) is 0 Å². The molecular weight excluding hydrogens is 442 g/mol. The molecule has 1 atom stereocenters. The molecule has 0 bridgehead atoms. The van der Waals surface area contributed by atoms with E-state index in [4.69, 9.17) is 19.3 Å². The minimum Gasteiger partial charge on any atom is -0.497 e. The maximum atomic E-state index is 12.8. The van der Waals surface area contributed by atoms with Crippen molar-refractivity contribution in [3.63, 3.8) is 0 Å². The van der Waals surface area contributed by atoms with Gasteiger partial charge in [-0.2, -0.15) is 5.10 Å². The second-order valence-electron chi connectivity index (χ2n) is 9.21. The molecule has 1 fully saturated rings. The number of esters is 1. The van der Waals surface area contributed by atoms with E-state index in [1.807, 2.05) is 43.7 Å². The van der Waals surface area contributed by atoms with E-state index in [9.17, 15) is 9.59 Å². The van der Waals surface area contributed by atoms with Crippen molar-refractivity contribution in [1.29, 1.82) is 0 Å². The molecule has 2 aliphatic heterocycles. The Bertz CT molecular complexity index is 1060. The van der Waals surface area contributed by atoms with Crippen LogP contribution < -0.4 is 4.74 Å². The van der Waals surface area contributed by atoms with Crippen LogP contribution in [0.2, 0.25) is 0 Å². The lowest BCUT2D eigenvalue weighted by Gasteiger charge is -2.35. The Morgan fingerprint density at radius 2 is 2.06 bits per heavy atom. The summed E-state index contributed by atoms with van der Waals surface area (Å²) in [6.07, 6.45) is 1.35. The fourth-order valence-electron chi connectivity index (χ4n) is 4.26. The van der Waals surface area contributed by atoms with E-state index in [0.717, 1.165) is 40.3 Å². The van der Waals surface area contributed by atoms with Gasteiger partial charge < -0.3 is 19.1 Å². The minimum absolute atomic E-state index is 0.0784. The summed E-state index contributed by atoms with van der Waals surface area (Å²) in [7, 11) is 1.64. The number of ether oxygens (including phenoxy) is 3. The van der Waals surface area contributed by atoms with Crippen molar-refractivity contribution in [2.24, 2.45) is 0 Å². The highest BCUT2D eigenvalue weighted by Gasteiger charge is 2.35. The van der Waals surface area contributed by atoms with E-state index in [-0.39, 0.29) is 18.7 Å². The van der Waals surface area contributed by atoms with E-state index < -0.39 is 11.6 Å². The van der Waals surface area contributed by atoms with Crippen LogP contribution in [0.15, 0.2) is 23.1 Å². The van der Waals surface area contributed by atoms with Crippen molar-refractivity contribution in [1.82, 2.24) is 14.7 Å². The van der Waals surface area contributed by atoms with Crippen molar-refractivity contribution < 1.29 is 23.8 Å². The Hall–Kier alpha value is -2.68. The number of piperidine rings is 1. The van der Waals surface area contributed by atoms with Gasteiger partial charge in [0.2, 0.25) is 0 Å². The van der Waals surface area contributed by atoms with Crippen molar-refractivity contribution in [3.05, 3.63) is 29.5 Å². The van der Waals surface area contributed by atoms with Gasteiger partial charge in [-0.05, 0) is 58.7 Å². The molecule has 0 radical (unpaired) electrons. The predicted molar refractivity (Wildman–Crippen MR) is 126 cm³/mol. The first-order valence-electron chi connectivity index (χ1n) is 11.3. The molecular formula is C24H31N3O5S. The Balaban J connectivity index is 1.75. The number of rotatable bonds is 4. The van der Waals surface area contributed by atoms with Crippen LogP contribution in [-0.2, 0) is 15.2 Å². The molecule has 8 nitrogen and oxygen atoms in total. The highest BCUT2D eigenvalue weighted by Crippen LogP contribution is 2.46. The van der Waals surface area contributed by atoms with E-state index >= 15 is 0 Å². The number of methoxy groups -OCH3 is 1. The third-order valence-corrected chi connectivity index (χ3v) is 6.79. The fourth-order valence-corrected chi connectivity index (χ4v) is 5.31. The maximum Gasteiger partial charge on any atom is 0.410 e. The molecule has 0 N–H and O–H groups in total. The lowest BCUT2D eigenvalue weighted by Crippen LogP contribution is -2.43. The molecule has 0 aliphatic carbocycles. The number of nitrogens with zero attached hydrogens (tertiary/aromatic N) is 3. The third kappa shape index (κ3) is 4.83. The highest BCUT2D eigenvalue weighted by atomic mass is 32.2. The first-order valence-corrected chi connectivity index (χ1v) is 12.3. The van der Waals surface area contributed by atoms with Crippen molar-refractivity contribution in [2.75, 3.05) is 26.8 Å². The van der Waals surface area contributed by atoms with Gasteiger partial charge in [0.1, 0.15) is 11.4 Å². The zero-order valence-electron chi connectivity index (χ0n) is 19.8. The number of hydrogen-bond donors (Lipinski definition) is 0. The predicted octanol–water partition coefficient (Wildman–Crippen LogP) is 4.91. The number of hydrogen-bond acceptors (Lipinski definition) is 7. The van der Waals surface area contributed by atoms with Crippen LogP contribution in [0.1, 0.15) is 62.6 Å². The summed E-state index contributed by atoms with van der Waals surface area (Å²) in [6.45, 7) is 8.78. The minimum atomic E-state index is -0.557. The summed E-state index contributed by atoms with van der Waals surface area (Å²) >= 11 is 1.67. The van der Waals surface area contributed by atoms with E-state index in [1.165, 1.54) is 0 Å². The Morgan fingerprint density at radius 1 is 1.27 bits per heavy atom. The van der Waals surface area contributed by atoms with Gasteiger partial charge in [0.05, 0.1) is 25.5 Å². The number of carbonyl (C=O) groups excluding carboxylic acids is 2. The number of likely N-dealkylation sites (tertiary alicyclic amines) is 1. The lowest BCUT2D eigenvalue weighted by molar-refractivity contribution is 0.0166. The first-order chi connectivity index (χ1) is 15.7. The van der Waals surface area contributed by atoms with E-state index in [1.54, 1.807) is 30.7 Å². The van der Waals surface area contributed by atoms with Crippen molar-refractivity contribution in [3.8, 4) is 17.0 Å². The molecule has 2 aliphatic rings. The van der Waals surface area contributed by atoms with Gasteiger partial charge in [0.25, 0.3) is 0 Å². The molecule has 1 aromatic carbocycles. The molecule has 33 heavy (non-hydrogen) atoms. The van der Waals surface area contributed by atoms with Crippen LogP contribution in [0.25, 0.3) is 11.3 Å². The molecule has 0 saturated carbocycles. The molecule has 4 rings (SSSR count). The van der Waals surface area contributed by atoms with Crippen LogP contribution in [-0.4, -0.2) is 59.2 Å². The average Bonchev–Trinajstić information content (AvgIpc) is 3.18. The first kappa shape index (κ1) is 23.5. The Morgan fingerprint density at radius 3 is 2.76 bits per heavy atom. The summed E-state index contributed by atoms with van der Waals surface area (Å²) in [4.78, 5) is 28.3. The summed E-state index contributed by atoms with van der Waals surface area (Å²) in [6, 6.07) is 5.89. The molecule has 9 heteroatoms. The number of aromatic nitrogens is 2. The normalized spacial score (nSPS) is 17.7. The van der Waals surface area contributed by atoms with Gasteiger partial charge in [-0.1, -0.05) is 0 Å².